The Kier molecular flexibility index (Phi) is 3.37. The van der Waals surface area contributed by atoms with Gasteiger partial charge in [0, 0.05) is 5.69 Å². The Bertz CT molecular complexity index is 918. The first-order valence-electron chi connectivity index (χ1n) is 7.70. The lowest BCUT2D eigenvalue weighted by molar-refractivity contribution is 0.102. The molecule has 1 aliphatic rings. The van der Waals surface area contributed by atoms with E-state index in [-0.39, 0.29) is 11.9 Å². The third-order valence-corrected chi connectivity index (χ3v) is 4.39. The summed E-state index contributed by atoms with van der Waals surface area (Å²) >= 11 is 0. The molecule has 8 heteroatoms. The first kappa shape index (κ1) is 14.6. The molecule has 4 rings (SSSR count). The minimum absolute atomic E-state index is 0.215. The molecule has 122 valence electrons. The predicted octanol–water partition coefficient (Wildman–Crippen LogP) is 1.83. The average molecular weight is 324 g/mol. The fourth-order valence-corrected chi connectivity index (χ4v) is 3.08. The first-order valence-corrected chi connectivity index (χ1v) is 7.70. The zero-order valence-corrected chi connectivity index (χ0v) is 13.4. The Morgan fingerprint density at radius 2 is 2.17 bits per heavy atom. The fourth-order valence-electron chi connectivity index (χ4n) is 3.08. The van der Waals surface area contributed by atoms with Crippen molar-refractivity contribution < 1.29 is 9.53 Å². The summed E-state index contributed by atoms with van der Waals surface area (Å²) in [6.45, 7) is 2.16. The van der Waals surface area contributed by atoms with Crippen LogP contribution in [0, 0.1) is 0 Å². The lowest BCUT2D eigenvalue weighted by Crippen LogP contribution is -2.16. The van der Waals surface area contributed by atoms with E-state index < -0.39 is 0 Å². The molecule has 0 bridgehead atoms. The topological polar surface area (TPSA) is 94.3 Å². The van der Waals surface area contributed by atoms with Crippen LogP contribution in [0.2, 0.25) is 0 Å². The molecule has 1 atom stereocenters. The van der Waals surface area contributed by atoms with Crippen molar-refractivity contribution in [2.75, 3.05) is 12.4 Å². The number of aryl methyl sites for hydroxylation is 1. The van der Waals surface area contributed by atoms with Gasteiger partial charge in [-0.15, -0.1) is 10.2 Å². The van der Waals surface area contributed by atoms with Gasteiger partial charge >= 0.3 is 0 Å². The number of fused-ring (bicyclic) bond motifs is 3. The number of nitrogens with one attached hydrogen (secondary N) is 1. The monoisotopic (exact) mass is 324 g/mol. The Labute approximate surface area is 137 Å². The van der Waals surface area contributed by atoms with Gasteiger partial charge < -0.3 is 4.74 Å². The Morgan fingerprint density at radius 3 is 2.92 bits per heavy atom. The summed E-state index contributed by atoms with van der Waals surface area (Å²) in [6, 6.07) is 1.91. The van der Waals surface area contributed by atoms with E-state index in [1.807, 2.05) is 10.5 Å². The van der Waals surface area contributed by atoms with Crippen molar-refractivity contribution in [2.24, 2.45) is 0 Å². The molecule has 0 spiro atoms. The van der Waals surface area contributed by atoms with Gasteiger partial charge in [0.25, 0.3) is 5.91 Å². The van der Waals surface area contributed by atoms with Crippen molar-refractivity contribution in [3.63, 3.8) is 0 Å². The number of hydrogen-bond acceptors (Lipinski definition) is 6. The Hall–Kier alpha value is -3.03. The van der Waals surface area contributed by atoms with Crippen LogP contribution < -0.4 is 10.1 Å². The molecule has 0 saturated heterocycles. The van der Waals surface area contributed by atoms with Crippen molar-refractivity contribution in [3.8, 4) is 5.75 Å². The zero-order valence-electron chi connectivity index (χ0n) is 13.4. The maximum absolute atomic E-state index is 12.7. The normalized spacial score (nSPS) is 16.2. The standard InChI is InChI=1S/C16H16N6O2/c1-9-3-4-13-11(9)5-12(14-21-19-8-22(13)14)15(23)20-16-17-6-10(24-2)7-18-16/h5-9H,3-4H2,1-2H3,(H,17,18,20,23)/t9-/m1/s1. The van der Waals surface area contributed by atoms with Crippen LogP contribution in [-0.4, -0.2) is 37.6 Å². The van der Waals surface area contributed by atoms with Crippen molar-refractivity contribution in [2.45, 2.75) is 25.7 Å². The van der Waals surface area contributed by atoms with E-state index in [0.717, 1.165) is 12.8 Å². The molecule has 3 aromatic heterocycles. The molecular formula is C16H16N6O2. The minimum atomic E-state index is -0.305. The highest BCUT2D eigenvalue weighted by Crippen LogP contribution is 2.34. The SMILES string of the molecule is COc1cnc(NC(=O)c2cc3c(n4cnnc24)CC[C@H]3C)nc1. The van der Waals surface area contributed by atoms with Gasteiger partial charge in [0.1, 0.15) is 6.33 Å². The molecule has 0 aliphatic heterocycles. The highest BCUT2D eigenvalue weighted by Gasteiger charge is 2.25. The van der Waals surface area contributed by atoms with Gasteiger partial charge in [-0.2, -0.15) is 0 Å². The first-order chi connectivity index (χ1) is 11.7. The van der Waals surface area contributed by atoms with Crippen LogP contribution in [0.5, 0.6) is 5.75 Å². The summed E-state index contributed by atoms with van der Waals surface area (Å²) in [5, 5.41) is 10.8. The number of hydrogen-bond donors (Lipinski definition) is 1. The molecule has 24 heavy (non-hydrogen) atoms. The van der Waals surface area contributed by atoms with Crippen molar-refractivity contribution in [1.29, 1.82) is 0 Å². The second-order valence-corrected chi connectivity index (χ2v) is 5.82. The van der Waals surface area contributed by atoms with E-state index in [9.17, 15) is 4.79 Å². The number of nitrogens with zero attached hydrogens (tertiary/aromatic N) is 5. The summed E-state index contributed by atoms with van der Waals surface area (Å²) in [4.78, 5) is 20.8. The summed E-state index contributed by atoms with van der Waals surface area (Å²) in [6.07, 6.45) is 6.69. The molecule has 0 radical (unpaired) electrons. The zero-order chi connectivity index (χ0) is 16.7. The molecule has 0 saturated carbocycles. The summed E-state index contributed by atoms with van der Waals surface area (Å²) in [7, 11) is 1.53. The van der Waals surface area contributed by atoms with Crippen LogP contribution in [0.25, 0.3) is 5.65 Å². The predicted molar refractivity (Wildman–Crippen MR) is 86.3 cm³/mol. The molecule has 0 aromatic carbocycles. The number of amides is 1. The van der Waals surface area contributed by atoms with Crippen LogP contribution in [0.4, 0.5) is 5.95 Å². The highest BCUT2D eigenvalue weighted by molar-refractivity contribution is 6.07. The molecule has 0 unspecified atom stereocenters. The number of carbonyl (C=O) groups is 1. The number of ether oxygens (including phenoxy) is 1. The van der Waals surface area contributed by atoms with E-state index in [1.54, 1.807) is 6.33 Å². The van der Waals surface area contributed by atoms with E-state index in [0.29, 0.717) is 22.9 Å². The summed E-state index contributed by atoms with van der Waals surface area (Å²) in [5.41, 5.74) is 3.37. The highest BCUT2D eigenvalue weighted by atomic mass is 16.5. The van der Waals surface area contributed by atoms with Crippen LogP contribution in [0.15, 0.2) is 24.8 Å². The van der Waals surface area contributed by atoms with Gasteiger partial charge in [-0.3, -0.25) is 14.5 Å². The number of aromatic nitrogens is 5. The van der Waals surface area contributed by atoms with Crippen LogP contribution >= 0.6 is 0 Å². The second-order valence-electron chi connectivity index (χ2n) is 5.82. The molecule has 8 nitrogen and oxygen atoms in total. The third-order valence-electron chi connectivity index (χ3n) is 4.39. The van der Waals surface area contributed by atoms with Crippen molar-refractivity contribution in [3.05, 3.63) is 41.6 Å². The molecule has 3 heterocycles. The molecule has 1 amide bonds. The van der Waals surface area contributed by atoms with E-state index in [2.05, 4.69) is 32.4 Å². The minimum Gasteiger partial charge on any atom is -0.494 e. The summed E-state index contributed by atoms with van der Waals surface area (Å²) in [5.74, 6) is 0.849. The largest absolute Gasteiger partial charge is 0.494 e. The van der Waals surface area contributed by atoms with E-state index in [4.69, 9.17) is 4.74 Å². The van der Waals surface area contributed by atoms with Crippen LogP contribution in [0.3, 0.4) is 0 Å². The quantitative estimate of drug-likeness (QED) is 0.790. The molecular weight excluding hydrogens is 308 g/mol. The van der Waals surface area contributed by atoms with Gasteiger partial charge in [0.15, 0.2) is 11.4 Å². The van der Waals surface area contributed by atoms with Crippen molar-refractivity contribution >= 4 is 17.5 Å². The fraction of sp³-hybridized carbons (Fsp3) is 0.312. The lowest BCUT2D eigenvalue weighted by Gasteiger charge is -2.10. The lowest BCUT2D eigenvalue weighted by atomic mass is 10.0. The third kappa shape index (κ3) is 2.27. The van der Waals surface area contributed by atoms with Gasteiger partial charge in [-0.1, -0.05) is 6.92 Å². The number of anilines is 1. The summed E-state index contributed by atoms with van der Waals surface area (Å²) < 4.78 is 6.91. The van der Waals surface area contributed by atoms with Crippen molar-refractivity contribution in [1.82, 2.24) is 24.6 Å². The number of rotatable bonds is 3. The van der Waals surface area contributed by atoms with Crippen LogP contribution in [-0.2, 0) is 6.42 Å². The van der Waals surface area contributed by atoms with Gasteiger partial charge in [-0.05, 0) is 30.4 Å². The maximum atomic E-state index is 12.7. The Morgan fingerprint density at radius 1 is 1.38 bits per heavy atom. The van der Waals surface area contributed by atoms with Gasteiger partial charge in [0.05, 0.1) is 25.1 Å². The van der Waals surface area contributed by atoms with E-state index >= 15 is 0 Å². The molecule has 1 N–H and O–H groups in total. The van der Waals surface area contributed by atoms with Gasteiger partial charge in [-0.25, -0.2) is 9.97 Å². The number of pyridine rings is 1. The molecule has 3 aromatic rings. The smallest absolute Gasteiger partial charge is 0.261 e. The maximum Gasteiger partial charge on any atom is 0.261 e. The Balaban J connectivity index is 1.71. The van der Waals surface area contributed by atoms with Gasteiger partial charge in [0.2, 0.25) is 5.95 Å². The molecule has 0 fully saturated rings. The van der Waals surface area contributed by atoms with Crippen LogP contribution in [0.1, 0.15) is 40.9 Å². The number of methoxy groups -OCH3 is 1. The average Bonchev–Trinajstić information content (AvgIpc) is 3.21. The molecule has 1 aliphatic carbocycles. The number of carbonyl (C=O) groups excluding carboxylic acids is 1. The van der Waals surface area contributed by atoms with E-state index in [1.165, 1.54) is 30.8 Å². The second kappa shape index (κ2) is 5.55.